The molecular weight excluding hydrogens is 997 g/mol. The maximum absolute atomic E-state index is 12.9. The summed E-state index contributed by atoms with van der Waals surface area (Å²) in [7, 11) is -10.9. The number of nitrogens with zero attached hydrogens (tertiary/aromatic N) is 2. The maximum atomic E-state index is 12.9. The van der Waals surface area contributed by atoms with Gasteiger partial charge in [0.1, 0.15) is 30.7 Å². The predicted molar refractivity (Wildman–Crippen MR) is 285 cm³/mol. The molecule has 2 heterocycles. The highest BCUT2D eigenvalue weighted by molar-refractivity contribution is 7.61. The lowest BCUT2D eigenvalue weighted by Crippen LogP contribution is -2.36. The molecule has 0 aliphatic carbocycles. The van der Waals surface area contributed by atoms with Gasteiger partial charge in [-0.3, -0.25) is 23.2 Å². The zero-order valence-corrected chi connectivity index (χ0v) is 46.2. The van der Waals surface area contributed by atoms with Gasteiger partial charge in [-0.2, -0.15) is 9.29 Å². The number of phosphoric acid groups is 2. The van der Waals surface area contributed by atoms with Crippen LogP contribution in [-0.2, 0) is 46.3 Å². The number of nitrogen functional groups attached to an aromatic ring is 1. The Balaban J connectivity index is 1.80. The number of hydrogen-bond acceptors (Lipinski definition) is 16. The van der Waals surface area contributed by atoms with Gasteiger partial charge in [0.25, 0.3) is 0 Å². The van der Waals surface area contributed by atoms with Crippen LogP contribution >= 0.6 is 15.6 Å². The average molecular weight is 1090 g/mol. The molecular formula is C53H91N3O16P2. The van der Waals surface area contributed by atoms with Gasteiger partial charge < -0.3 is 45.1 Å². The van der Waals surface area contributed by atoms with Crippen molar-refractivity contribution in [1.82, 2.24) is 9.55 Å². The van der Waals surface area contributed by atoms with Crippen molar-refractivity contribution < 1.29 is 71.4 Å². The second-order valence-electron chi connectivity index (χ2n) is 19.5. The minimum atomic E-state index is -5.44. The normalized spacial score (nSPS) is 19.7. The van der Waals surface area contributed by atoms with Gasteiger partial charge in [0.2, 0.25) is 0 Å². The molecule has 1 fully saturated rings. The molecule has 0 bridgehead atoms. The lowest BCUT2D eigenvalue weighted by molar-refractivity contribution is -0.161. The monoisotopic (exact) mass is 1090 g/mol. The first-order valence-corrected chi connectivity index (χ1v) is 30.0. The number of hydrogen-bond donors (Lipinski definition) is 6. The van der Waals surface area contributed by atoms with Gasteiger partial charge in [-0.15, -0.1) is 0 Å². The number of carbonyl (C=O) groups is 2. The van der Waals surface area contributed by atoms with Crippen LogP contribution in [0.15, 0.2) is 65.7 Å². The molecule has 0 spiro atoms. The molecule has 74 heavy (non-hydrogen) atoms. The van der Waals surface area contributed by atoms with Crippen molar-refractivity contribution >= 4 is 33.4 Å². The van der Waals surface area contributed by atoms with Crippen molar-refractivity contribution in [3.05, 3.63) is 71.4 Å². The fourth-order valence-corrected chi connectivity index (χ4v) is 10.0. The van der Waals surface area contributed by atoms with Crippen LogP contribution in [0.4, 0.5) is 5.82 Å². The van der Waals surface area contributed by atoms with Crippen LogP contribution < -0.4 is 11.4 Å². The number of anilines is 1. The molecule has 1 aliphatic heterocycles. The number of nitrogens with two attached hydrogens (primary N) is 1. The Labute approximate surface area is 440 Å². The highest BCUT2D eigenvalue weighted by Crippen LogP contribution is 2.60. The fourth-order valence-electron chi connectivity index (χ4n) is 7.92. The molecule has 2 unspecified atom stereocenters. The summed E-state index contributed by atoms with van der Waals surface area (Å²) in [6.45, 7) is 4.00. The topological polar surface area (TPSA) is 286 Å². The van der Waals surface area contributed by atoms with Crippen molar-refractivity contribution in [1.29, 1.82) is 0 Å². The van der Waals surface area contributed by atoms with E-state index in [2.05, 4.69) is 53.5 Å². The Hall–Kier alpha value is -3.32. The molecule has 1 aromatic heterocycles. The molecule has 424 valence electrons. The molecule has 2 rings (SSSR count). The van der Waals surface area contributed by atoms with E-state index >= 15 is 0 Å². The van der Waals surface area contributed by atoms with Crippen molar-refractivity contribution in [2.75, 3.05) is 25.6 Å². The maximum Gasteiger partial charge on any atom is 0.481 e. The Morgan fingerprint density at radius 1 is 0.689 bits per heavy atom. The number of ether oxygens (including phenoxy) is 3. The number of carbonyl (C=O) groups excluding carboxylic acids is 2. The summed E-state index contributed by atoms with van der Waals surface area (Å²) in [5.74, 6) is -0.578. The summed E-state index contributed by atoms with van der Waals surface area (Å²) in [5.41, 5.74) is 4.59. The number of aliphatic hydroxyl groups excluding tert-OH is 3. The number of allylic oxidation sites excluding steroid dienone is 8. The minimum absolute atomic E-state index is 0.0374. The van der Waals surface area contributed by atoms with Crippen LogP contribution in [0.2, 0.25) is 0 Å². The second-order valence-corrected chi connectivity index (χ2v) is 22.5. The molecule has 19 nitrogen and oxygen atoms in total. The summed E-state index contributed by atoms with van der Waals surface area (Å²) in [6.07, 6.45) is 34.7. The summed E-state index contributed by atoms with van der Waals surface area (Å²) in [4.78, 5) is 62.0. The zero-order chi connectivity index (χ0) is 54.5. The number of esters is 2. The standard InChI is InChI=1S/C53H91N3O16P2/c1-43(2)34-30-26-22-18-14-10-6-4-8-12-16-20-24-28-32-36-48(58)67-40-45(70-49(59)37-33-29-25-21-17-13-9-5-7-11-15-19-23-27-31-35-44(3)57)41-68-73(63,64)72-74(65,66)69-42-46-50(60)51(61)52(71-46)56-39-38-47(54)55-53(56)62/h7,9,11,13,19,21,23,25,38-39,43-46,50-52,57,60-61H,4-6,8,10,12,14-18,20,22,24,26-37,40-42H2,1-3H3,(H,63,64)(H,65,66)(H2,54,55,62)/b11-7-,13-9-,23-19-,25-21-/t44-,45+,46+,50+,51+,52+/m0/s1. The molecule has 0 radical (unpaired) electrons. The Morgan fingerprint density at radius 3 is 1.73 bits per heavy atom. The molecule has 0 aromatic carbocycles. The number of rotatable bonds is 44. The third-order valence-electron chi connectivity index (χ3n) is 12.1. The second kappa shape index (κ2) is 40.0. The fraction of sp³-hybridized carbons (Fsp3) is 0.736. The van der Waals surface area contributed by atoms with Crippen molar-refractivity contribution in [2.24, 2.45) is 5.92 Å². The van der Waals surface area contributed by atoms with E-state index in [0.717, 1.165) is 74.5 Å². The minimum Gasteiger partial charge on any atom is -0.462 e. The van der Waals surface area contributed by atoms with Crippen molar-refractivity contribution in [3.8, 4) is 0 Å². The highest BCUT2D eigenvalue weighted by Gasteiger charge is 2.46. The van der Waals surface area contributed by atoms with Gasteiger partial charge in [0, 0.05) is 19.0 Å². The van der Waals surface area contributed by atoms with Gasteiger partial charge in [-0.25, -0.2) is 13.9 Å². The van der Waals surface area contributed by atoms with E-state index in [9.17, 15) is 48.6 Å². The Bertz CT molecular complexity index is 1960. The third kappa shape index (κ3) is 33.7. The lowest BCUT2D eigenvalue weighted by Gasteiger charge is -2.21. The van der Waals surface area contributed by atoms with E-state index in [1.54, 1.807) is 6.92 Å². The highest BCUT2D eigenvalue weighted by atomic mass is 31.3. The molecule has 0 amide bonds. The van der Waals surface area contributed by atoms with E-state index in [4.69, 9.17) is 29.0 Å². The zero-order valence-electron chi connectivity index (χ0n) is 44.4. The van der Waals surface area contributed by atoms with Crippen LogP contribution in [0.3, 0.4) is 0 Å². The summed E-state index contributed by atoms with van der Waals surface area (Å²) in [6, 6.07) is 1.24. The largest absolute Gasteiger partial charge is 0.481 e. The SMILES string of the molecule is CC(C)CCCCCCCCCCCCCCCCCC(=O)OC[C@H](COP(=O)(O)OP(=O)(O)OC[C@H]1O[C@@H](n2ccc(N)nc2=O)[C@H](O)[C@@H]1O)OC(=O)CCC/C=C\C/C=C\C/C=C\C/C=C\CCC[C@H](C)O. The van der Waals surface area contributed by atoms with E-state index in [0.29, 0.717) is 25.7 Å². The quantitative estimate of drug-likeness (QED) is 0.0153. The molecule has 1 saturated heterocycles. The third-order valence-corrected chi connectivity index (χ3v) is 14.7. The van der Waals surface area contributed by atoms with Crippen molar-refractivity contribution in [2.45, 2.75) is 224 Å². The first-order chi connectivity index (χ1) is 35.4. The van der Waals surface area contributed by atoms with Crippen LogP contribution in [0.25, 0.3) is 0 Å². The summed E-state index contributed by atoms with van der Waals surface area (Å²) in [5, 5.41) is 30.2. The first kappa shape index (κ1) is 66.8. The number of aromatic nitrogens is 2. The van der Waals surface area contributed by atoms with Crippen LogP contribution in [0.5, 0.6) is 0 Å². The first-order valence-electron chi connectivity index (χ1n) is 27.0. The predicted octanol–water partition coefficient (Wildman–Crippen LogP) is 10.6. The van der Waals surface area contributed by atoms with Gasteiger partial charge >= 0.3 is 33.3 Å². The van der Waals surface area contributed by atoms with Gasteiger partial charge in [-0.1, -0.05) is 159 Å². The van der Waals surface area contributed by atoms with E-state index in [1.165, 1.54) is 76.7 Å². The van der Waals surface area contributed by atoms with Crippen molar-refractivity contribution in [3.63, 3.8) is 0 Å². The van der Waals surface area contributed by atoms with Crippen LogP contribution in [-0.4, -0.2) is 96.9 Å². The molecule has 0 saturated carbocycles. The van der Waals surface area contributed by atoms with E-state index in [1.807, 2.05) is 18.2 Å². The number of aliphatic hydroxyl groups is 3. The van der Waals surface area contributed by atoms with E-state index < -0.39 is 83.7 Å². The summed E-state index contributed by atoms with van der Waals surface area (Å²) < 4.78 is 56.8. The molecule has 1 aromatic rings. The Kier molecular flexibility index (Phi) is 36.1. The molecule has 7 N–H and O–H groups in total. The van der Waals surface area contributed by atoms with E-state index in [-0.39, 0.29) is 24.8 Å². The average Bonchev–Trinajstić information content (AvgIpc) is 3.61. The van der Waals surface area contributed by atoms with Gasteiger partial charge in [-0.05, 0) is 76.7 Å². The van der Waals surface area contributed by atoms with Crippen LogP contribution in [0, 0.1) is 5.92 Å². The van der Waals surface area contributed by atoms with Gasteiger partial charge in [0.15, 0.2) is 12.3 Å². The molecule has 21 heteroatoms. The van der Waals surface area contributed by atoms with Gasteiger partial charge in [0.05, 0.1) is 19.3 Å². The lowest BCUT2D eigenvalue weighted by atomic mass is 10.0. The smallest absolute Gasteiger partial charge is 0.462 e. The molecule has 1 aliphatic rings. The Morgan fingerprint density at radius 2 is 1.19 bits per heavy atom. The number of phosphoric ester groups is 2. The van der Waals surface area contributed by atoms with Crippen LogP contribution in [0.1, 0.15) is 194 Å². The number of unbranched alkanes of at least 4 members (excludes halogenated alkanes) is 16. The molecule has 8 atom stereocenters. The summed E-state index contributed by atoms with van der Waals surface area (Å²) >= 11 is 0.